The van der Waals surface area contributed by atoms with Crippen LogP contribution in [0.25, 0.3) is 0 Å². The number of ether oxygens (including phenoxy) is 1. The zero-order valence-electron chi connectivity index (χ0n) is 12.2. The van der Waals surface area contributed by atoms with Crippen molar-refractivity contribution in [2.45, 2.75) is 24.0 Å². The Morgan fingerprint density at radius 3 is 2.67 bits per heavy atom. The van der Waals surface area contributed by atoms with Crippen LogP contribution in [0.3, 0.4) is 0 Å². The molecule has 0 aromatic heterocycles. The predicted molar refractivity (Wildman–Crippen MR) is 88.0 cm³/mol. The number of rotatable bonds is 6. The first-order chi connectivity index (χ1) is 10.2. The average molecular weight is 301 g/mol. The first-order valence-corrected chi connectivity index (χ1v) is 7.82. The van der Waals surface area contributed by atoms with Crippen LogP contribution in [-0.4, -0.2) is 17.8 Å². The maximum absolute atomic E-state index is 12.2. The van der Waals surface area contributed by atoms with E-state index in [2.05, 4.69) is 5.32 Å². The third kappa shape index (κ3) is 4.83. The summed E-state index contributed by atoms with van der Waals surface area (Å²) >= 11 is 1.54. The minimum Gasteiger partial charge on any atom is -0.494 e. The van der Waals surface area contributed by atoms with Crippen LogP contribution in [0.1, 0.15) is 13.8 Å². The molecule has 0 aliphatic carbocycles. The number of carbonyl (C=O) groups is 1. The van der Waals surface area contributed by atoms with E-state index in [1.807, 2.05) is 68.4 Å². The van der Waals surface area contributed by atoms with Gasteiger partial charge in [-0.15, -0.1) is 11.8 Å². The summed E-state index contributed by atoms with van der Waals surface area (Å²) in [5.41, 5.74) is 0.756. The molecule has 1 N–H and O–H groups in total. The van der Waals surface area contributed by atoms with Gasteiger partial charge in [0, 0.05) is 16.6 Å². The zero-order valence-corrected chi connectivity index (χ0v) is 13.0. The molecule has 2 aromatic carbocycles. The van der Waals surface area contributed by atoms with E-state index in [1.54, 1.807) is 11.8 Å². The molecule has 110 valence electrons. The van der Waals surface area contributed by atoms with E-state index >= 15 is 0 Å². The summed E-state index contributed by atoms with van der Waals surface area (Å²) in [6.45, 7) is 4.45. The van der Waals surface area contributed by atoms with Crippen LogP contribution in [0, 0.1) is 0 Å². The van der Waals surface area contributed by atoms with Gasteiger partial charge in [0.05, 0.1) is 11.9 Å². The first-order valence-electron chi connectivity index (χ1n) is 6.94. The number of nitrogens with one attached hydrogen (secondary N) is 1. The van der Waals surface area contributed by atoms with E-state index in [4.69, 9.17) is 4.74 Å². The Bertz CT molecular complexity index is 586. The average Bonchev–Trinajstić information content (AvgIpc) is 2.49. The van der Waals surface area contributed by atoms with E-state index in [-0.39, 0.29) is 11.2 Å². The summed E-state index contributed by atoms with van der Waals surface area (Å²) in [5, 5.41) is 2.76. The summed E-state index contributed by atoms with van der Waals surface area (Å²) < 4.78 is 5.43. The summed E-state index contributed by atoms with van der Waals surface area (Å²) in [4.78, 5) is 13.3. The quantitative estimate of drug-likeness (QED) is 0.812. The van der Waals surface area contributed by atoms with E-state index in [9.17, 15) is 4.79 Å². The highest BCUT2D eigenvalue weighted by atomic mass is 32.2. The Morgan fingerprint density at radius 1 is 1.19 bits per heavy atom. The molecule has 0 saturated heterocycles. The van der Waals surface area contributed by atoms with Gasteiger partial charge < -0.3 is 10.1 Å². The molecule has 4 heteroatoms. The molecule has 0 aliphatic heterocycles. The molecule has 0 radical (unpaired) electrons. The normalized spacial score (nSPS) is 11.7. The molecule has 1 amide bonds. The summed E-state index contributed by atoms with van der Waals surface area (Å²) in [6, 6.07) is 17.4. The SMILES string of the molecule is CCOc1cccc(NC(=O)C(C)Sc2ccccc2)c1. The van der Waals surface area contributed by atoms with Crippen molar-refractivity contribution in [3.63, 3.8) is 0 Å². The van der Waals surface area contributed by atoms with Gasteiger partial charge in [0.15, 0.2) is 0 Å². The Kier molecular flexibility index (Phi) is 5.69. The molecule has 0 bridgehead atoms. The van der Waals surface area contributed by atoms with Crippen LogP contribution in [0.5, 0.6) is 5.75 Å². The van der Waals surface area contributed by atoms with Crippen LogP contribution >= 0.6 is 11.8 Å². The van der Waals surface area contributed by atoms with Gasteiger partial charge in [-0.05, 0) is 38.1 Å². The van der Waals surface area contributed by atoms with Gasteiger partial charge >= 0.3 is 0 Å². The van der Waals surface area contributed by atoms with Crippen molar-refractivity contribution in [1.29, 1.82) is 0 Å². The van der Waals surface area contributed by atoms with Crippen molar-refractivity contribution in [2.75, 3.05) is 11.9 Å². The largest absolute Gasteiger partial charge is 0.494 e. The fourth-order valence-corrected chi connectivity index (χ4v) is 2.72. The Labute approximate surface area is 129 Å². The van der Waals surface area contributed by atoms with E-state index in [1.165, 1.54) is 0 Å². The molecule has 2 rings (SSSR count). The first kappa shape index (κ1) is 15.4. The third-order valence-electron chi connectivity index (χ3n) is 2.84. The minimum absolute atomic E-state index is 0.0162. The molecular formula is C17H19NO2S. The van der Waals surface area contributed by atoms with Crippen LogP contribution in [0.2, 0.25) is 0 Å². The van der Waals surface area contributed by atoms with Gasteiger partial charge in [0.25, 0.3) is 0 Å². The highest BCUT2D eigenvalue weighted by Crippen LogP contribution is 2.24. The van der Waals surface area contributed by atoms with Crippen molar-refractivity contribution >= 4 is 23.4 Å². The van der Waals surface area contributed by atoms with E-state index < -0.39 is 0 Å². The number of thioether (sulfide) groups is 1. The van der Waals surface area contributed by atoms with E-state index in [0.29, 0.717) is 6.61 Å². The van der Waals surface area contributed by atoms with Gasteiger partial charge in [0.2, 0.25) is 5.91 Å². The number of amides is 1. The molecule has 0 fully saturated rings. The van der Waals surface area contributed by atoms with Crippen LogP contribution in [-0.2, 0) is 4.79 Å². The smallest absolute Gasteiger partial charge is 0.237 e. The second kappa shape index (κ2) is 7.74. The second-order valence-electron chi connectivity index (χ2n) is 4.52. The van der Waals surface area contributed by atoms with Crippen LogP contribution in [0.15, 0.2) is 59.5 Å². The lowest BCUT2D eigenvalue weighted by molar-refractivity contribution is -0.115. The number of benzene rings is 2. The molecule has 0 saturated carbocycles. The fourth-order valence-electron chi connectivity index (χ4n) is 1.83. The van der Waals surface area contributed by atoms with Gasteiger partial charge in [-0.3, -0.25) is 4.79 Å². The zero-order chi connectivity index (χ0) is 15.1. The third-order valence-corrected chi connectivity index (χ3v) is 3.95. The fraction of sp³-hybridized carbons (Fsp3) is 0.235. The maximum atomic E-state index is 12.2. The molecule has 21 heavy (non-hydrogen) atoms. The Balaban J connectivity index is 1.95. The Morgan fingerprint density at radius 2 is 1.95 bits per heavy atom. The number of carbonyl (C=O) groups excluding carboxylic acids is 1. The molecule has 1 atom stereocenters. The number of anilines is 1. The van der Waals surface area contributed by atoms with Gasteiger partial charge in [-0.2, -0.15) is 0 Å². The summed E-state index contributed by atoms with van der Waals surface area (Å²) in [5.74, 6) is 0.746. The van der Waals surface area contributed by atoms with Gasteiger partial charge in [-0.25, -0.2) is 0 Å². The highest BCUT2D eigenvalue weighted by Gasteiger charge is 2.14. The molecule has 0 aliphatic rings. The molecule has 0 spiro atoms. The minimum atomic E-state index is -0.164. The molecule has 0 heterocycles. The van der Waals surface area contributed by atoms with Crippen molar-refractivity contribution in [1.82, 2.24) is 0 Å². The monoisotopic (exact) mass is 301 g/mol. The van der Waals surface area contributed by atoms with Crippen molar-refractivity contribution in [2.24, 2.45) is 0 Å². The molecule has 1 unspecified atom stereocenters. The van der Waals surface area contributed by atoms with Crippen molar-refractivity contribution in [3.8, 4) is 5.75 Å². The summed E-state index contributed by atoms with van der Waals surface area (Å²) in [6.07, 6.45) is 0. The van der Waals surface area contributed by atoms with Gasteiger partial charge in [-0.1, -0.05) is 24.3 Å². The lowest BCUT2D eigenvalue weighted by atomic mass is 10.3. The molecular weight excluding hydrogens is 282 g/mol. The van der Waals surface area contributed by atoms with Crippen LogP contribution < -0.4 is 10.1 Å². The maximum Gasteiger partial charge on any atom is 0.237 e. The summed E-state index contributed by atoms with van der Waals surface area (Å²) in [7, 11) is 0. The van der Waals surface area contributed by atoms with Gasteiger partial charge in [0.1, 0.15) is 5.75 Å². The number of hydrogen-bond donors (Lipinski definition) is 1. The highest BCUT2D eigenvalue weighted by molar-refractivity contribution is 8.00. The van der Waals surface area contributed by atoms with E-state index in [0.717, 1.165) is 16.3 Å². The standard InChI is InChI=1S/C17H19NO2S/c1-3-20-15-9-7-8-14(12-15)18-17(19)13(2)21-16-10-5-4-6-11-16/h4-13H,3H2,1-2H3,(H,18,19). The van der Waals surface area contributed by atoms with Crippen molar-refractivity contribution < 1.29 is 9.53 Å². The lowest BCUT2D eigenvalue weighted by Gasteiger charge is -2.12. The molecule has 3 nitrogen and oxygen atoms in total. The number of hydrogen-bond acceptors (Lipinski definition) is 3. The lowest BCUT2D eigenvalue weighted by Crippen LogP contribution is -2.22. The molecule has 2 aromatic rings. The second-order valence-corrected chi connectivity index (χ2v) is 5.94. The van der Waals surface area contributed by atoms with Crippen molar-refractivity contribution in [3.05, 3.63) is 54.6 Å². The van der Waals surface area contributed by atoms with Crippen LogP contribution in [0.4, 0.5) is 5.69 Å². The Hall–Kier alpha value is -1.94. The predicted octanol–water partition coefficient (Wildman–Crippen LogP) is 4.20. The topological polar surface area (TPSA) is 38.3 Å².